The van der Waals surface area contributed by atoms with Gasteiger partial charge < -0.3 is 5.11 Å². The lowest BCUT2D eigenvalue weighted by Gasteiger charge is -2.36. The van der Waals surface area contributed by atoms with Gasteiger partial charge in [-0.3, -0.25) is 4.79 Å². The number of aliphatic carboxylic acids is 1. The number of rotatable bonds is 2. The minimum absolute atomic E-state index is 0.0935. The van der Waals surface area contributed by atoms with E-state index in [2.05, 4.69) is 10.1 Å². The third-order valence-electron chi connectivity index (χ3n) is 4.04. The third-order valence-corrected chi connectivity index (χ3v) is 4.04. The summed E-state index contributed by atoms with van der Waals surface area (Å²) >= 11 is 0. The normalized spacial score (nSPS) is 20.9. The molecule has 2 aromatic heterocycles. The molecule has 0 saturated heterocycles. The van der Waals surface area contributed by atoms with Gasteiger partial charge in [-0.15, -0.1) is 0 Å². The monoisotopic (exact) mass is 281 g/mol. The molecule has 7 heteroatoms. The number of hydrogen-bond acceptors (Lipinski definition) is 3. The molecule has 0 radical (unpaired) electrons. The Labute approximate surface area is 113 Å². The van der Waals surface area contributed by atoms with Gasteiger partial charge in [0.2, 0.25) is 5.92 Å². The number of alkyl halides is 2. The molecule has 0 amide bonds. The van der Waals surface area contributed by atoms with Crippen molar-refractivity contribution in [3.63, 3.8) is 0 Å². The average Bonchev–Trinajstić information content (AvgIpc) is 2.86. The molecule has 0 spiro atoms. The Hall–Kier alpha value is -2.05. The van der Waals surface area contributed by atoms with E-state index in [1.165, 1.54) is 10.7 Å². The fourth-order valence-corrected chi connectivity index (χ4v) is 2.73. The van der Waals surface area contributed by atoms with Crippen LogP contribution >= 0.6 is 0 Å². The highest BCUT2D eigenvalue weighted by Crippen LogP contribution is 2.45. The van der Waals surface area contributed by atoms with Crippen LogP contribution in [0.15, 0.2) is 24.7 Å². The summed E-state index contributed by atoms with van der Waals surface area (Å²) in [5.41, 5.74) is -0.276. The molecule has 3 rings (SSSR count). The molecule has 1 N–H and O–H groups in total. The molecule has 20 heavy (non-hydrogen) atoms. The summed E-state index contributed by atoms with van der Waals surface area (Å²) in [6.07, 6.45) is 3.55. The van der Waals surface area contributed by atoms with Crippen molar-refractivity contribution >= 4 is 11.6 Å². The highest BCUT2D eigenvalue weighted by atomic mass is 19.3. The van der Waals surface area contributed by atoms with Crippen LogP contribution in [0, 0.1) is 0 Å². The van der Waals surface area contributed by atoms with E-state index >= 15 is 0 Å². The first kappa shape index (κ1) is 13.0. The smallest absolute Gasteiger partial charge is 0.314 e. The van der Waals surface area contributed by atoms with Crippen LogP contribution in [0.25, 0.3) is 5.65 Å². The van der Waals surface area contributed by atoms with Gasteiger partial charge in [0.1, 0.15) is 0 Å². The van der Waals surface area contributed by atoms with E-state index in [9.17, 15) is 18.7 Å². The van der Waals surface area contributed by atoms with Gasteiger partial charge in [-0.1, -0.05) is 0 Å². The molecule has 0 unspecified atom stereocenters. The van der Waals surface area contributed by atoms with E-state index in [-0.39, 0.29) is 12.8 Å². The lowest BCUT2D eigenvalue weighted by atomic mass is 9.69. The quantitative estimate of drug-likeness (QED) is 0.916. The second-order valence-corrected chi connectivity index (χ2v) is 5.22. The Balaban J connectivity index is 2.04. The molecule has 1 saturated carbocycles. The summed E-state index contributed by atoms with van der Waals surface area (Å²) in [6.45, 7) is 0. The number of nitrogens with zero attached hydrogens (tertiary/aromatic N) is 3. The third kappa shape index (κ3) is 1.93. The summed E-state index contributed by atoms with van der Waals surface area (Å²) in [5, 5.41) is 13.5. The molecule has 0 aromatic carbocycles. The van der Waals surface area contributed by atoms with Crippen LogP contribution in [0.1, 0.15) is 31.2 Å². The molecule has 0 atom stereocenters. The maximum atomic E-state index is 13.3. The average molecular weight is 281 g/mol. The maximum Gasteiger partial charge on any atom is 0.314 e. The maximum absolute atomic E-state index is 13.3. The van der Waals surface area contributed by atoms with Gasteiger partial charge >= 0.3 is 5.97 Å². The van der Waals surface area contributed by atoms with Gasteiger partial charge in [0, 0.05) is 36.9 Å². The topological polar surface area (TPSA) is 67.5 Å². The van der Waals surface area contributed by atoms with E-state index in [4.69, 9.17) is 0 Å². The molecule has 0 bridgehead atoms. The molecule has 1 fully saturated rings. The van der Waals surface area contributed by atoms with Crippen LogP contribution in [-0.2, 0) is 10.2 Å². The van der Waals surface area contributed by atoms with E-state index in [1.54, 1.807) is 18.5 Å². The van der Waals surface area contributed by atoms with Crippen LogP contribution in [0.2, 0.25) is 0 Å². The van der Waals surface area contributed by atoms with Crippen LogP contribution in [-0.4, -0.2) is 31.6 Å². The van der Waals surface area contributed by atoms with E-state index < -0.39 is 30.1 Å². The van der Waals surface area contributed by atoms with Gasteiger partial charge in [0.05, 0.1) is 11.6 Å². The number of hydrogen-bond donors (Lipinski definition) is 1. The molecule has 5 nitrogen and oxygen atoms in total. The largest absolute Gasteiger partial charge is 0.481 e. The second-order valence-electron chi connectivity index (χ2n) is 5.22. The molecule has 0 aliphatic heterocycles. The number of carboxylic acids is 1. The van der Waals surface area contributed by atoms with E-state index in [1.807, 2.05) is 0 Å². The standard InChI is InChI=1S/C13H13F2N3O2/c14-13(15)4-2-12(3-5-13,11(19)20)9-7-16-10-1-6-17-18(10)8-9/h1,6-8H,2-5H2,(H,19,20). The summed E-state index contributed by atoms with van der Waals surface area (Å²) in [6, 6.07) is 1.69. The van der Waals surface area contributed by atoms with Crippen LogP contribution in [0.3, 0.4) is 0 Å². The molecule has 1 aliphatic rings. The molecule has 1 aliphatic carbocycles. The lowest BCUT2D eigenvalue weighted by molar-refractivity contribution is -0.149. The highest BCUT2D eigenvalue weighted by molar-refractivity contribution is 5.81. The highest BCUT2D eigenvalue weighted by Gasteiger charge is 2.49. The lowest BCUT2D eigenvalue weighted by Crippen LogP contribution is -2.43. The first-order chi connectivity index (χ1) is 9.43. The molecule has 2 heterocycles. The fourth-order valence-electron chi connectivity index (χ4n) is 2.73. The number of carbonyl (C=O) groups is 1. The Bertz CT molecular complexity index is 658. The predicted molar refractivity (Wildman–Crippen MR) is 65.7 cm³/mol. The van der Waals surface area contributed by atoms with Gasteiger partial charge in [0.15, 0.2) is 5.65 Å². The summed E-state index contributed by atoms with van der Waals surface area (Å²) < 4.78 is 28.1. The second kappa shape index (κ2) is 4.22. The number of halogens is 2. The van der Waals surface area contributed by atoms with Crippen LogP contribution in [0.5, 0.6) is 0 Å². The molecular weight excluding hydrogens is 268 g/mol. The van der Waals surface area contributed by atoms with Crippen LogP contribution < -0.4 is 0 Å². The SMILES string of the molecule is O=C(O)C1(c2cnc3ccnn3c2)CCC(F)(F)CC1. The van der Waals surface area contributed by atoms with Gasteiger partial charge in [0.25, 0.3) is 0 Å². The van der Waals surface area contributed by atoms with Crippen molar-refractivity contribution in [1.82, 2.24) is 14.6 Å². The predicted octanol–water partition coefficient (Wildman–Crippen LogP) is 2.26. The first-order valence-electron chi connectivity index (χ1n) is 6.34. The van der Waals surface area contributed by atoms with Crippen molar-refractivity contribution in [2.75, 3.05) is 0 Å². The van der Waals surface area contributed by atoms with Crippen molar-refractivity contribution in [2.24, 2.45) is 0 Å². The van der Waals surface area contributed by atoms with E-state index in [0.717, 1.165) is 0 Å². The molecular formula is C13H13F2N3O2. The summed E-state index contributed by atoms with van der Waals surface area (Å²) in [7, 11) is 0. The minimum atomic E-state index is -2.78. The van der Waals surface area contributed by atoms with Crippen LogP contribution in [0.4, 0.5) is 8.78 Å². The minimum Gasteiger partial charge on any atom is -0.481 e. The molecule has 106 valence electrons. The first-order valence-corrected chi connectivity index (χ1v) is 6.34. The summed E-state index contributed by atoms with van der Waals surface area (Å²) in [5.74, 6) is -3.86. The number of aromatic nitrogens is 3. The van der Waals surface area contributed by atoms with Crippen molar-refractivity contribution in [3.8, 4) is 0 Å². The Morgan fingerprint density at radius 2 is 2.00 bits per heavy atom. The Kier molecular flexibility index (Phi) is 2.74. The zero-order valence-corrected chi connectivity index (χ0v) is 10.6. The zero-order chi connectivity index (χ0) is 14.4. The molecule has 2 aromatic rings. The Morgan fingerprint density at radius 3 is 2.65 bits per heavy atom. The van der Waals surface area contributed by atoms with Crippen molar-refractivity contribution in [1.29, 1.82) is 0 Å². The summed E-state index contributed by atoms with van der Waals surface area (Å²) in [4.78, 5) is 15.8. The van der Waals surface area contributed by atoms with Crippen molar-refractivity contribution in [2.45, 2.75) is 37.0 Å². The van der Waals surface area contributed by atoms with Crippen molar-refractivity contribution in [3.05, 3.63) is 30.2 Å². The van der Waals surface area contributed by atoms with Crippen molar-refractivity contribution < 1.29 is 18.7 Å². The van der Waals surface area contributed by atoms with E-state index in [0.29, 0.717) is 11.2 Å². The zero-order valence-electron chi connectivity index (χ0n) is 10.6. The Morgan fingerprint density at radius 1 is 1.30 bits per heavy atom. The number of carboxylic acid groups (broad SMARTS) is 1. The fraction of sp³-hybridized carbons (Fsp3) is 0.462. The number of fused-ring (bicyclic) bond motifs is 1. The van der Waals surface area contributed by atoms with Gasteiger partial charge in [-0.2, -0.15) is 5.10 Å². The van der Waals surface area contributed by atoms with Gasteiger partial charge in [-0.25, -0.2) is 18.3 Å². The van der Waals surface area contributed by atoms with Gasteiger partial charge in [-0.05, 0) is 12.8 Å².